The normalized spacial score (nSPS) is 10.7. The molecule has 0 unspecified atom stereocenters. The van der Waals surface area contributed by atoms with Gasteiger partial charge in [0.2, 0.25) is 5.91 Å². The van der Waals surface area contributed by atoms with Gasteiger partial charge in [0.05, 0.1) is 5.75 Å². The Morgan fingerprint density at radius 3 is 2.24 bits per heavy atom. The third-order valence-corrected chi connectivity index (χ3v) is 5.79. The van der Waals surface area contributed by atoms with E-state index in [4.69, 9.17) is 0 Å². The first kappa shape index (κ1) is 19.7. The van der Waals surface area contributed by atoms with Crippen molar-refractivity contribution in [2.24, 2.45) is 0 Å². The number of nitrogens with zero attached hydrogens (tertiary/aromatic N) is 3. The van der Waals surface area contributed by atoms with Crippen LogP contribution in [0.4, 0.5) is 5.69 Å². The molecule has 1 N–H and O–H groups in total. The van der Waals surface area contributed by atoms with Crippen LogP contribution < -0.4 is 5.32 Å². The highest BCUT2D eigenvalue weighted by Gasteiger charge is 2.17. The molecule has 0 fully saturated rings. The molecule has 0 bridgehead atoms. The number of anilines is 1. The number of para-hydroxylation sites is 1. The van der Waals surface area contributed by atoms with E-state index >= 15 is 0 Å². The van der Waals surface area contributed by atoms with Crippen LogP contribution in [-0.4, -0.2) is 26.4 Å². The summed E-state index contributed by atoms with van der Waals surface area (Å²) < 4.78 is 3.11. The molecular weight excluding hydrogens is 495 g/mol. The van der Waals surface area contributed by atoms with Crippen molar-refractivity contribution >= 4 is 45.9 Å². The summed E-state index contributed by atoms with van der Waals surface area (Å²) in [6.45, 7) is 0. The first-order valence-corrected chi connectivity index (χ1v) is 11.0. The molecule has 4 rings (SSSR count). The molecule has 1 aromatic heterocycles. The van der Waals surface area contributed by atoms with Crippen molar-refractivity contribution in [3.8, 4) is 17.1 Å². The number of halogens is 1. The zero-order valence-corrected chi connectivity index (χ0v) is 18.3. The number of aromatic nitrogens is 3. The Hall–Kier alpha value is -2.65. The van der Waals surface area contributed by atoms with Crippen LogP contribution in [0.3, 0.4) is 0 Å². The highest BCUT2D eigenvalue weighted by molar-refractivity contribution is 14.1. The van der Waals surface area contributed by atoms with Crippen LogP contribution in [0.25, 0.3) is 17.1 Å². The minimum atomic E-state index is -0.0833. The van der Waals surface area contributed by atoms with E-state index in [1.807, 2.05) is 89.5 Å². The smallest absolute Gasteiger partial charge is 0.234 e. The van der Waals surface area contributed by atoms with Crippen molar-refractivity contribution < 1.29 is 4.79 Å². The second-order valence-corrected chi connectivity index (χ2v) is 8.38. The minimum Gasteiger partial charge on any atom is -0.325 e. The van der Waals surface area contributed by atoms with Crippen LogP contribution in [0.2, 0.25) is 0 Å². The average molecular weight is 512 g/mol. The van der Waals surface area contributed by atoms with E-state index in [9.17, 15) is 4.79 Å². The first-order chi connectivity index (χ1) is 14.2. The van der Waals surface area contributed by atoms with Crippen molar-refractivity contribution in [1.29, 1.82) is 0 Å². The van der Waals surface area contributed by atoms with E-state index in [1.54, 1.807) is 0 Å². The summed E-state index contributed by atoms with van der Waals surface area (Å²) >= 11 is 3.60. The fourth-order valence-corrected chi connectivity index (χ4v) is 3.92. The van der Waals surface area contributed by atoms with Crippen LogP contribution in [0.1, 0.15) is 0 Å². The van der Waals surface area contributed by atoms with Crippen molar-refractivity contribution in [1.82, 2.24) is 14.8 Å². The van der Waals surface area contributed by atoms with Crippen LogP contribution in [-0.2, 0) is 4.79 Å². The fraction of sp³-hybridized carbons (Fsp3) is 0.0455. The van der Waals surface area contributed by atoms with E-state index < -0.39 is 0 Å². The van der Waals surface area contributed by atoms with Gasteiger partial charge in [0.15, 0.2) is 11.0 Å². The van der Waals surface area contributed by atoms with E-state index in [0.717, 1.165) is 26.3 Å². The quantitative estimate of drug-likeness (QED) is 0.283. The summed E-state index contributed by atoms with van der Waals surface area (Å²) in [5, 5.41) is 12.3. The molecule has 0 saturated heterocycles. The highest BCUT2D eigenvalue weighted by Crippen LogP contribution is 2.27. The third kappa shape index (κ3) is 4.86. The Morgan fingerprint density at radius 1 is 0.897 bits per heavy atom. The lowest BCUT2D eigenvalue weighted by molar-refractivity contribution is -0.113. The van der Waals surface area contributed by atoms with Crippen LogP contribution in [0.15, 0.2) is 90.1 Å². The Morgan fingerprint density at radius 2 is 1.55 bits per heavy atom. The summed E-state index contributed by atoms with van der Waals surface area (Å²) in [5.74, 6) is 0.906. The summed E-state index contributed by atoms with van der Waals surface area (Å²) in [7, 11) is 0. The molecule has 0 aliphatic rings. The highest BCUT2D eigenvalue weighted by atomic mass is 127. The monoisotopic (exact) mass is 512 g/mol. The number of carbonyl (C=O) groups excluding carboxylic acids is 1. The van der Waals surface area contributed by atoms with Gasteiger partial charge >= 0.3 is 0 Å². The maximum atomic E-state index is 12.4. The second kappa shape index (κ2) is 9.23. The van der Waals surface area contributed by atoms with Crippen LogP contribution in [0, 0.1) is 3.57 Å². The number of hydrogen-bond acceptors (Lipinski definition) is 4. The van der Waals surface area contributed by atoms with Gasteiger partial charge < -0.3 is 5.32 Å². The largest absolute Gasteiger partial charge is 0.325 e. The zero-order valence-electron chi connectivity index (χ0n) is 15.3. The first-order valence-electron chi connectivity index (χ1n) is 8.95. The number of benzene rings is 3. The summed E-state index contributed by atoms with van der Waals surface area (Å²) in [6, 6.07) is 27.6. The lowest BCUT2D eigenvalue weighted by atomic mass is 10.2. The molecule has 7 heteroatoms. The van der Waals surface area contributed by atoms with Crippen molar-refractivity contribution in [3.63, 3.8) is 0 Å². The number of rotatable bonds is 6. The van der Waals surface area contributed by atoms with Gasteiger partial charge in [-0.25, -0.2) is 0 Å². The van der Waals surface area contributed by atoms with Crippen molar-refractivity contribution in [2.75, 3.05) is 11.1 Å². The van der Waals surface area contributed by atoms with E-state index in [0.29, 0.717) is 5.16 Å². The van der Waals surface area contributed by atoms with Crippen LogP contribution >= 0.6 is 34.4 Å². The van der Waals surface area contributed by atoms with Gasteiger partial charge in [-0.15, -0.1) is 10.2 Å². The lowest BCUT2D eigenvalue weighted by Gasteiger charge is -2.10. The molecule has 4 aromatic rings. The minimum absolute atomic E-state index is 0.0833. The molecule has 144 valence electrons. The van der Waals surface area contributed by atoms with Crippen molar-refractivity contribution in [3.05, 3.63) is 88.5 Å². The maximum absolute atomic E-state index is 12.4. The topological polar surface area (TPSA) is 59.8 Å². The molecule has 0 radical (unpaired) electrons. The molecule has 29 heavy (non-hydrogen) atoms. The Balaban J connectivity index is 1.56. The molecular formula is C22H17IN4OS. The van der Waals surface area contributed by atoms with Crippen molar-refractivity contribution in [2.45, 2.75) is 5.16 Å². The summed E-state index contributed by atoms with van der Waals surface area (Å²) in [4.78, 5) is 12.4. The molecule has 0 spiro atoms. The average Bonchev–Trinajstić information content (AvgIpc) is 3.19. The standard InChI is InChI=1S/C22H17IN4OS/c23-17-11-13-18(14-12-17)24-20(28)15-29-22-26-25-21(16-7-3-1-4-8-16)27(22)19-9-5-2-6-10-19/h1-14H,15H2,(H,24,28). The molecule has 0 saturated carbocycles. The number of carbonyl (C=O) groups is 1. The van der Waals surface area contributed by atoms with Gasteiger partial charge in [0, 0.05) is 20.5 Å². The number of thioether (sulfide) groups is 1. The van der Waals surface area contributed by atoms with Gasteiger partial charge in [-0.2, -0.15) is 0 Å². The second-order valence-electron chi connectivity index (χ2n) is 6.19. The van der Waals surface area contributed by atoms with E-state index in [-0.39, 0.29) is 11.7 Å². The SMILES string of the molecule is O=C(CSc1nnc(-c2ccccc2)n1-c1ccccc1)Nc1ccc(I)cc1. The van der Waals surface area contributed by atoms with Gasteiger partial charge in [0.1, 0.15) is 0 Å². The summed E-state index contributed by atoms with van der Waals surface area (Å²) in [6.07, 6.45) is 0. The molecule has 0 aliphatic carbocycles. The fourth-order valence-electron chi connectivity index (χ4n) is 2.81. The Bertz CT molecular complexity index is 1100. The van der Waals surface area contributed by atoms with E-state index in [1.165, 1.54) is 11.8 Å². The third-order valence-electron chi connectivity index (χ3n) is 4.14. The number of hydrogen-bond donors (Lipinski definition) is 1. The number of amides is 1. The van der Waals surface area contributed by atoms with Crippen LogP contribution in [0.5, 0.6) is 0 Å². The number of nitrogens with one attached hydrogen (secondary N) is 1. The molecule has 1 amide bonds. The predicted octanol–water partition coefficient (Wildman–Crippen LogP) is 5.27. The van der Waals surface area contributed by atoms with Gasteiger partial charge in [0.25, 0.3) is 0 Å². The molecule has 3 aromatic carbocycles. The predicted molar refractivity (Wildman–Crippen MR) is 125 cm³/mol. The Kier molecular flexibility index (Phi) is 6.26. The zero-order chi connectivity index (χ0) is 20.1. The maximum Gasteiger partial charge on any atom is 0.234 e. The molecule has 5 nitrogen and oxygen atoms in total. The molecule has 1 heterocycles. The Labute approximate surface area is 186 Å². The molecule has 0 atom stereocenters. The molecule has 0 aliphatic heterocycles. The van der Waals surface area contributed by atoms with Gasteiger partial charge in [-0.05, 0) is 59.0 Å². The van der Waals surface area contributed by atoms with Gasteiger partial charge in [-0.1, -0.05) is 60.3 Å². The van der Waals surface area contributed by atoms with Gasteiger partial charge in [-0.3, -0.25) is 9.36 Å². The lowest BCUT2D eigenvalue weighted by Crippen LogP contribution is -2.14. The van der Waals surface area contributed by atoms with E-state index in [2.05, 4.69) is 38.1 Å². The summed E-state index contributed by atoms with van der Waals surface area (Å²) in [5.41, 5.74) is 2.71.